The van der Waals surface area contributed by atoms with E-state index >= 15 is 0 Å². The Hall–Kier alpha value is -2.59. The number of ether oxygens (including phenoxy) is 1. The molecule has 10 heteroatoms. The van der Waals surface area contributed by atoms with Crippen LogP contribution in [-0.4, -0.2) is 52.8 Å². The molecule has 1 amide bonds. The average Bonchev–Trinajstić information content (AvgIpc) is 2.80. The molecular weight excluding hydrogens is 482 g/mol. The van der Waals surface area contributed by atoms with Gasteiger partial charge < -0.3 is 14.1 Å². The molecule has 0 atom stereocenters. The number of benzene rings is 1. The molecule has 0 bridgehead atoms. The van der Waals surface area contributed by atoms with Gasteiger partial charge in [-0.2, -0.15) is 0 Å². The van der Waals surface area contributed by atoms with Crippen LogP contribution in [0.5, 0.6) is 0 Å². The number of hydrogen-bond donors (Lipinski definition) is 1. The lowest BCUT2D eigenvalue weighted by atomic mass is 10.1. The third-order valence-electron chi connectivity index (χ3n) is 6.46. The summed E-state index contributed by atoms with van der Waals surface area (Å²) in [5.41, 5.74) is 0.901. The first-order chi connectivity index (χ1) is 16.2. The fourth-order valence-electron chi connectivity index (χ4n) is 3.29. The number of piperidine rings is 1. The smallest absolute Gasteiger partial charge is 0.410 e. The molecule has 0 radical (unpaired) electrons. The second kappa shape index (κ2) is 11.9. The summed E-state index contributed by atoms with van der Waals surface area (Å²) in [4.78, 5) is 17.7. The summed E-state index contributed by atoms with van der Waals surface area (Å²) < 4.78 is 39.9. The molecule has 0 aliphatic carbocycles. The van der Waals surface area contributed by atoms with Crippen molar-refractivity contribution in [3.63, 3.8) is 0 Å². The minimum absolute atomic E-state index is 0.0513. The lowest BCUT2D eigenvalue weighted by molar-refractivity contribution is 0.0897. The van der Waals surface area contributed by atoms with Gasteiger partial charge in [0, 0.05) is 13.1 Å². The Labute approximate surface area is 211 Å². The van der Waals surface area contributed by atoms with E-state index in [1.165, 1.54) is 0 Å². The van der Waals surface area contributed by atoms with Gasteiger partial charge in [0.1, 0.15) is 12.4 Å². The van der Waals surface area contributed by atoms with Crippen LogP contribution >= 0.6 is 0 Å². The van der Waals surface area contributed by atoms with Gasteiger partial charge in [-0.1, -0.05) is 51.1 Å². The lowest BCUT2D eigenvalue weighted by Gasteiger charge is -2.36. The van der Waals surface area contributed by atoms with Crippen LogP contribution in [0.15, 0.2) is 59.1 Å². The monoisotopic (exact) mass is 521 g/mol. The Morgan fingerprint density at radius 2 is 1.80 bits per heavy atom. The van der Waals surface area contributed by atoms with Gasteiger partial charge in [-0.15, -0.1) is 0 Å². The molecule has 1 aromatic rings. The number of amides is 1. The first-order valence-electron chi connectivity index (χ1n) is 11.8. The Bertz CT molecular complexity index is 1040. The van der Waals surface area contributed by atoms with E-state index in [9.17, 15) is 13.2 Å². The summed E-state index contributed by atoms with van der Waals surface area (Å²) in [5, 5.41) is -0.588. The zero-order valence-electron chi connectivity index (χ0n) is 21.7. The fraction of sp³-hybridized carbons (Fsp3) is 0.520. The van der Waals surface area contributed by atoms with Crippen molar-refractivity contribution in [3.05, 3.63) is 59.6 Å². The highest BCUT2D eigenvalue weighted by Gasteiger charge is 2.39. The second-order valence-electron chi connectivity index (χ2n) is 10.2. The molecule has 1 aliphatic rings. The van der Waals surface area contributed by atoms with Crippen molar-refractivity contribution in [2.75, 3.05) is 13.1 Å². The van der Waals surface area contributed by atoms with Crippen LogP contribution in [0.25, 0.3) is 0 Å². The number of carbonyl (C=O) groups excluding carboxylic acids is 1. The van der Waals surface area contributed by atoms with Crippen molar-refractivity contribution in [2.45, 2.75) is 70.5 Å². The zero-order chi connectivity index (χ0) is 26.3. The van der Waals surface area contributed by atoms with Crippen LogP contribution in [-0.2, 0) is 25.8 Å². The highest BCUT2D eigenvalue weighted by Crippen LogP contribution is 2.37. The van der Waals surface area contributed by atoms with Gasteiger partial charge in [-0.3, -0.25) is 4.72 Å². The van der Waals surface area contributed by atoms with Gasteiger partial charge in [0.15, 0.2) is 0 Å². The maximum Gasteiger partial charge on any atom is 0.410 e. The number of sulfonamides is 1. The predicted molar refractivity (Wildman–Crippen MR) is 143 cm³/mol. The molecule has 8 nitrogen and oxygen atoms in total. The number of carbonyl (C=O) groups is 1. The highest BCUT2D eigenvalue weighted by atomic mass is 32.2. The highest BCUT2D eigenvalue weighted by molar-refractivity contribution is 7.90. The van der Waals surface area contributed by atoms with Crippen LogP contribution < -0.4 is 4.72 Å². The van der Waals surface area contributed by atoms with Gasteiger partial charge in [0.25, 0.3) is 0 Å². The Kier molecular flexibility index (Phi) is 9.74. The van der Waals surface area contributed by atoms with Crippen molar-refractivity contribution < 1.29 is 22.4 Å². The van der Waals surface area contributed by atoms with Crippen LogP contribution in [0, 0.1) is 0 Å². The summed E-state index contributed by atoms with van der Waals surface area (Å²) >= 11 is 0. The molecule has 0 unspecified atom stereocenters. The average molecular weight is 522 g/mol. The van der Waals surface area contributed by atoms with Crippen LogP contribution in [0.4, 0.5) is 4.79 Å². The van der Waals surface area contributed by atoms with Crippen molar-refractivity contribution >= 4 is 31.2 Å². The number of nitrogens with one attached hydrogen (secondary N) is 1. The van der Waals surface area contributed by atoms with Crippen molar-refractivity contribution in [3.8, 4) is 0 Å². The molecule has 0 spiro atoms. The maximum absolute atomic E-state index is 12.9. The molecule has 35 heavy (non-hydrogen) atoms. The summed E-state index contributed by atoms with van der Waals surface area (Å²) in [6.07, 6.45) is 3.45. The number of hydrogen-bond acceptors (Lipinski definition) is 6. The number of allylic oxidation sites excluding steroid dienone is 3. The molecule has 1 saturated heterocycles. The summed E-state index contributed by atoms with van der Waals surface area (Å²) in [6, 6.07) is 9.42. The van der Waals surface area contributed by atoms with Gasteiger partial charge >= 0.3 is 6.09 Å². The molecule has 1 heterocycles. The maximum atomic E-state index is 12.9. The first-order valence-corrected chi connectivity index (χ1v) is 16.2. The predicted octanol–water partition coefficient (Wildman–Crippen LogP) is 5.17. The molecule has 1 N–H and O–H groups in total. The van der Waals surface area contributed by atoms with Crippen molar-refractivity contribution in [1.82, 2.24) is 9.62 Å². The Balaban J connectivity index is 1.92. The van der Waals surface area contributed by atoms with Crippen molar-refractivity contribution in [1.29, 1.82) is 0 Å². The van der Waals surface area contributed by atoms with E-state index in [0.717, 1.165) is 5.56 Å². The summed E-state index contributed by atoms with van der Waals surface area (Å²) in [6.45, 7) is 16.9. The second-order valence-corrected chi connectivity index (χ2v) is 16.9. The summed E-state index contributed by atoms with van der Waals surface area (Å²) in [7, 11) is -5.69. The Morgan fingerprint density at radius 1 is 1.20 bits per heavy atom. The number of likely N-dealkylation sites (tertiary alicyclic amines) is 1. The quantitative estimate of drug-likeness (QED) is 0.209. The minimum Gasteiger partial charge on any atom is -0.547 e. The molecule has 1 aliphatic heterocycles. The molecule has 2 rings (SSSR count). The largest absolute Gasteiger partial charge is 0.547 e. The Morgan fingerprint density at radius 3 is 2.34 bits per heavy atom. The van der Waals surface area contributed by atoms with E-state index in [-0.39, 0.29) is 17.5 Å². The van der Waals surface area contributed by atoms with E-state index in [2.05, 4.69) is 50.3 Å². The van der Waals surface area contributed by atoms with Gasteiger partial charge in [0.2, 0.25) is 18.3 Å². The lowest BCUT2D eigenvalue weighted by Crippen LogP contribution is -2.45. The zero-order valence-corrected chi connectivity index (χ0v) is 23.5. The van der Waals surface area contributed by atoms with E-state index in [1.807, 2.05) is 37.3 Å². The number of rotatable bonds is 9. The number of aliphatic imine (C=N–C) groups is 1. The first kappa shape index (κ1) is 28.6. The van der Waals surface area contributed by atoms with Crippen LogP contribution in [0.2, 0.25) is 18.1 Å². The fourth-order valence-corrected chi connectivity index (χ4v) is 5.89. The van der Waals surface area contributed by atoms with Gasteiger partial charge in [0.05, 0.1) is 11.0 Å². The van der Waals surface area contributed by atoms with Gasteiger partial charge in [-0.05, 0) is 62.3 Å². The molecule has 1 aromatic carbocycles. The number of nitrogens with zero attached hydrogens (tertiary/aromatic N) is 2. The topological polar surface area (TPSA) is 97.3 Å². The van der Waals surface area contributed by atoms with E-state index in [1.54, 1.807) is 17.1 Å². The van der Waals surface area contributed by atoms with Crippen LogP contribution in [0.1, 0.15) is 46.1 Å². The molecular formula is C25H39N3O5SSi. The summed E-state index contributed by atoms with van der Waals surface area (Å²) in [5.74, 6) is 0.826. The minimum atomic E-state index is -3.70. The van der Waals surface area contributed by atoms with E-state index in [4.69, 9.17) is 9.16 Å². The SMILES string of the molecule is C=N/C(=C\C=C(/C)O[Si](C)(C)C(C)(C)C)NS(=O)(=O)C1CCN(C(=O)OCc2ccccc2)CC1. The van der Waals surface area contributed by atoms with Crippen molar-refractivity contribution in [2.24, 2.45) is 4.99 Å². The molecule has 0 saturated carbocycles. The standard InChI is InChI=1S/C25H39N3O5SSi/c1-20(33-35(6,7)25(2,3)4)13-14-23(26-5)27-34(30,31)22-15-17-28(18-16-22)24(29)32-19-21-11-9-8-10-12-21/h8-14,22,27H,5,15-19H2,1-4,6-7H3/b20-13+,23-14+. The van der Waals surface area contributed by atoms with Gasteiger partial charge in [-0.25, -0.2) is 18.2 Å². The molecule has 194 valence electrons. The van der Waals surface area contributed by atoms with E-state index in [0.29, 0.717) is 31.7 Å². The van der Waals surface area contributed by atoms with E-state index < -0.39 is 29.7 Å². The normalized spacial score (nSPS) is 16.6. The molecule has 0 aromatic heterocycles. The third-order valence-corrected chi connectivity index (χ3v) is 12.7. The molecule has 1 fully saturated rings. The van der Waals surface area contributed by atoms with Crippen LogP contribution in [0.3, 0.4) is 0 Å². The third kappa shape index (κ3) is 8.54.